The van der Waals surface area contributed by atoms with E-state index in [9.17, 15) is 4.79 Å². The molecule has 0 atom stereocenters. The van der Waals surface area contributed by atoms with Gasteiger partial charge in [0.1, 0.15) is 6.54 Å². The van der Waals surface area contributed by atoms with Crippen LogP contribution in [0.25, 0.3) is 6.08 Å². The molecule has 0 unspecified atom stereocenters. The van der Waals surface area contributed by atoms with Gasteiger partial charge in [-0.15, -0.1) is 0 Å². The zero-order valence-electron chi connectivity index (χ0n) is 26.0. The molecule has 4 rings (SSSR count). The number of amides is 1. The Hall–Kier alpha value is -4.30. The number of nitrogens with zero attached hydrogens (tertiary/aromatic N) is 1. The highest BCUT2D eigenvalue weighted by Crippen LogP contribution is 2.43. The van der Waals surface area contributed by atoms with Gasteiger partial charge in [0.2, 0.25) is 17.3 Å². The van der Waals surface area contributed by atoms with Crippen LogP contribution in [0.3, 0.4) is 0 Å². The number of ether oxygens (including phenoxy) is 3. The third-order valence-corrected chi connectivity index (χ3v) is 7.86. The summed E-state index contributed by atoms with van der Waals surface area (Å²) in [6.45, 7) is 6.36. The number of unbranched alkanes of at least 4 members (excludes halogenated alkanes) is 2. The van der Waals surface area contributed by atoms with Crippen molar-refractivity contribution in [2.45, 2.75) is 44.9 Å². The first-order valence-electron chi connectivity index (χ1n) is 14.9. The van der Waals surface area contributed by atoms with Gasteiger partial charge in [0, 0.05) is 60.6 Å². The minimum Gasteiger partial charge on any atom is -0.493 e. The second kappa shape index (κ2) is 14.7. The Balaban J connectivity index is 1.64. The highest BCUT2D eigenvalue weighted by atomic mass is 16.5. The van der Waals surface area contributed by atoms with Crippen LogP contribution in [-0.4, -0.2) is 57.2 Å². The summed E-state index contributed by atoms with van der Waals surface area (Å²) in [6.07, 6.45) is 7.55. The van der Waals surface area contributed by atoms with E-state index in [-0.39, 0.29) is 11.3 Å². The molecule has 3 aromatic rings. The number of rotatable bonds is 15. The maximum atomic E-state index is 12.0. The van der Waals surface area contributed by atoms with E-state index in [2.05, 4.69) is 71.5 Å². The average Bonchev–Trinajstić information content (AvgIpc) is 3.23. The summed E-state index contributed by atoms with van der Waals surface area (Å²) < 4.78 is 19.3. The van der Waals surface area contributed by atoms with E-state index in [0.717, 1.165) is 42.7 Å². The standard InChI is InChI=1S/C35H44N4O4/c1-35(2)28-24-27(38-26-12-8-6-9-13-26)17-18-29(28)39(23-11-7-10-14-32(40)37-22-21-36)31(35)20-16-25-15-19-30(41-3)34(43-5)33(25)42-4/h6,8-9,12-13,15-20,24,38H,7,10-11,14,21-23,36H2,1-5H3/p+1/b20-16+. The second-order valence-electron chi connectivity index (χ2n) is 11.1. The van der Waals surface area contributed by atoms with Gasteiger partial charge in [0.05, 0.1) is 26.7 Å². The molecular weight excluding hydrogens is 540 g/mol. The molecule has 0 aromatic heterocycles. The maximum absolute atomic E-state index is 12.0. The second-order valence-corrected chi connectivity index (χ2v) is 11.1. The van der Waals surface area contributed by atoms with Gasteiger partial charge in [-0.3, -0.25) is 4.79 Å². The van der Waals surface area contributed by atoms with E-state index < -0.39 is 0 Å². The molecule has 1 aliphatic rings. The Bertz CT molecular complexity index is 1460. The lowest BCUT2D eigenvalue weighted by Gasteiger charge is -2.17. The molecule has 0 fully saturated rings. The quantitative estimate of drug-likeness (QED) is 0.146. The summed E-state index contributed by atoms with van der Waals surface area (Å²) in [6, 6.07) is 20.7. The lowest BCUT2D eigenvalue weighted by atomic mass is 9.81. The van der Waals surface area contributed by atoms with Gasteiger partial charge < -0.3 is 30.6 Å². The highest BCUT2D eigenvalue weighted by Gasteiger charge is 2.44. The average molecular weight is 586 g/mol. The molecule has 0 aliphatic carbocycles. The van der Waals surface area contributed by atoms with Crippen LogP contribution in [0.5, 0.6) is 17.2 Å². The summed E-state index contributed by atoms with van der Waals surface area (Å²) in [5.41, 5.74) is 11.9. The van der Waals surface area contributed by atoms with Crippen LogP contribution in [0.15, 0.2) is 66.7 Å². The van der Waals surface area contributed by atoms with E-state index in [1.807, 2.05) is 30.3 Å². The number of carbonyl (C=O) groups excluding carboxylic acids is 1. The minimum absolute atomic E-state index is 0.0654. The minimum atomic E-state index is -0.258. The zero-order chi connectivity index (χ0) is 30.8. The summed E-state index contributed by atoms with van der Waals surface area (Å²) >= 11 is 0. The third-order valence-electron chi connectivity index (χ3n) is 7.86. The molecule has 1 aliphatic heterocycles. The Labute approximate surface area is 255 Å². The first kappa shape index (κ1) is 31.6. The van der Waals surface area contributed by atoms with E-state index in [0.29, 0.717) is 36.8 Å². The summed E-state index contributed by atoms with van der Waals surface area (Å²) in [7, 11) is 4.87. The number of para-hydroxylation sites is 1. The number of nitrogens with one attached hydrogen (secondary N) is 2. The SMILES string of the molecule is COc1ccc(/C=C/C2=[N+](CCCCCC(=O)NCCN)c3ccc(Nc4ccccc4)cc3C2(C)C)c(OC)c1OC. The Morgan fingerprint density at radius 1 is 0.884 bits per heavy atom. The van der Waals surface area contributed by atoms with Crippen molar-refractivity contribution in [2.24, 2.45) is 5.73 Å². The van der Waals surface area contributed by atoms with Gasteiger partial charge in [-0.25, -0.2) is 0 Å². The predicted molar refractivity (Wildman–Crippen MR) is 175 cm³/mol. The van der Waals surface area contributed by atoms with E-state index in [4.69, 9.17) is 19.9 Å². The maximum Gasteiger partial charge on any atom is 0.220 e. The van der Waals surface area contributed by atoms with Crippen molar-refractivity contribution < 1.29 is 23.6 Å². The molecule has 8 heteroatoms. The van der Waals surface area contributed by atoms with Crippen LogP contribution in [0.2, 0.25) is 0 Å². The van der Waals surface area contributed by atoms with Gasteiger partial charge in [-0.2, -0.15) is 4.58 Å². The number of anilines is 2. The molecule has 8 nitrogen and oxygen atoms in total. The van der Waals surface area contributed by atoms with E-state index >= 15 is 0 Å². The topological polar surface area (TPSA) is 97.9 Å². The van der Waals surface area contributed by atoms with Crippen molar-refractivity contribution in [3.8, 4) is 17.2 Å². The van der Waals surface area contributed by atoms with Crippen molar-refractivity contribution in [2.75, 3.05) is 46.3 Å². The Morgan fingerprint density at radius 3 is 2.35 bits per heavy atom. The van der Waals surface area contributed by atoms with E-state index in [1.54, 1.807) is 21.3 Å². The smallest absolute Gasteiger partial charge is 0.220 e. The first-order chi connectivity index (χ1) is 20.8. The number of methoxy groups -OCH3 is 3. The third kappa shape index (κ3) is 7.38. The summed E-state index contributed by atoms with van der Waals surface area (Å²) in [5, 5.41) is 6.40. The normalized spacial score (nSPS) is 13.6. The van der Waals surface area contributed by atoms with Crippen LogP contribution in [-0.2, 0) is 10.2 Å². The van der Waals surface area contributed by atoms with Crippen molar-refractivity contribution in [3.05, 3.63) is 77.9 Å². The van der Waals surface area contributed by atoms with Crippen LogP contribution in [0.1, 0.15) is 50.7 Å². The predicted octanol–water partition coefficient (Wildman–Crippen LogP) is 6.18. The number of nitrogens with two attached hydrogens (primary N) is 1. The Morgan fingerprint density at radius 2 is 1.65 bits per heavy atom. The molecule has 0 saturated heterocycles. The molecule has 0 spiro atoms. The summed E-state index contributed by atoms with van der Waals surface area (Å²) in [4.78, 5) is 12.0. The number of fused-ring (bicyclic) bond motifs is 1. The monoisotopic (exact) mass is 585 g/mol. The molecule has 3 aromatic carbocycles. The highest BCUT2D eigenvalue weighted by molar-refractivity contribution is 6.05. The largest absolute Gasteiger partial charge is 0.493 e. The van der Waals surface area contributed by atoms with Gasteiger partial charge in [0.15, 0.2) is 17.2 Å². The van der Waals surface area contributed by atoms with Gasteiger partial charge in [-0.05, 0) is 69.2 Å². The molecule has 0 bridgehead atoms. The fourth-order valence-corrected chi connectivity index (χ4v) is 5.64. The van der Waals surface area contributed by atoms with Crippen molar-refractivity contribution in [3.63, 3.8) is 0 Å². The molecular formula is C35H45N4O4+. The number of hydrogen-bond acceptors (Lipinski definition) is 6. The lowest BCUT2D eigenvalue weighted by Crippen LogP contribution is -2.28. The molecule has 0 radical (unpaired) electrons. The molecule has 0 saturated carbocycles. The number of carbonyl (C=O) groups is 1. The molecule has 4 N–H and O–H groups in total. The molecule has 228 valence electrons. The van der Waals surface area contributed by atoms with Crippen LogP contribution in [0.4, 0.5) is 17.1 Å². The van der Waals surface area contributed by atoms with E-state index in [1.165, 1.54) is 17.0 Å². The number of allylic oxidation sites excluding steroid dienone is 1. The fraction of sp³-hybridized carbons (Fsp3) is 0.371. The number of hydrogen-bond donors (Lipinski definition) is 3. The van der Waals surface area contributed by atoms with Crippen LogP contribution < -0.4 is 30.6 Å². The zero-order valence-corrected chi connectivity index (χ0v) is 26.0. The van der Waals surface area contributed by atoms with Crippen LogP contribution in [0, 0.1) is 0 Å². The van der Waals surface area contributed by atoms with Gasteiger partial charge in [0.25, 0.3) is 0 Å². The van der Waals surface area contributed by atoms with Crippen molar-refractivity contribution in [1.29, 1.82) is 0 Å². The Kier molecular flexibility index (Phi) is 10.8. The first-order valence-corrected chi connectivity index (χ1v) is 14.9. The summed E-state index contributed by atoms with van der Waals surface area (Å²) in [5.74, 6) is 1.88. The van der Waals surface area contributed by atoms with Gasteiger partial charge in [-0.1, -0.05) is 18.2 Å². The number of benzene rings is 3. The van der Waals surface area contributed by atoms with Crippen molar-refractivity contribution in [1.82, 2.24) is 5.32 Å². The van der Waals surface area contributed by atoms with Gasteiger partial charge >= 0.3 is 0 Å². The molecule has 1 amide bonds. The molecule has 43 heavy (non-hydrogen) atoms. The molecule has 1 heterocycles. The van der Waals surface area contributed by atoms with Crippen LogP contribution >= 0.6 is 0 Å². The fourth-order valence-electron chi connectivity index (χ4n) is 5.64. The van der Waals surface area contributed by atoms with Crippen molar-refractivity contribution >= 4 is 34.8 Å². The lowest BCUT2D eigenvalue weighted by molar-refractivity contribution is -0.438.